The van der Waals surface area contributed by atoms with Crippen LogP contribution >= 0.6 is 0 Å². The van der Waals surface area contributed by atoms with Crippen LogP contribution in [0.25, 0.3) is 0 Å². The van der Waals surface area contributed by atoms with Gasteiger partial charge in [-0.1, -0.05) is 32.0 Å². The molecule has 80 valence electrons. The lowest BCUT2D eigenvalue weighted by atomic mass is 9.99. The zero-order chi connectivity index (χ0) is 10.6. The average molecular weight is 203 g/mol. The second-order valence-corrected chi connectivity index (χ2v) is 5.26. The molecule has 0 amide bonds. The van der Waals surface area contributed by atoms with E-state index in [9.17, 15) is 0 Å². The summed E-state index contributed by atoms with van der Waals surface area (Å²) in [6.07, 6.45) is 1.05. The summed E-state index contributed by atoms with van der Waals surface area (Å²) in [6, 6.07) is 6.74. The number of rotatable bonds is 1. The fourth-order valence-corrected chi connectivity index (χ4v) is 2.76. The Bertz CT molecular complexity index is 411. The summed E-state index contributed by atoms with van der Waals surface area (Å²) in [5.41, 5.74) is 9.02. The standard InChI is InChI=1S/C13H17NO/c1-13(2)10(12(13)14)9-5-3-4-8-6-7-15-11(8)9/h3-5,10,12H,6-7,14H2,1-2H3. The van der Waals surface area contributed by atoms with Crippen molar-refractivity contribution < 1.29 is 4.74 Å². The molecule has 1 aliphatic heterocycles. The lowest BCUT2D eigenvalue weighted by Gasteiger charge is -2.08. The van der Waals surface area contributed by atoms with Crippen LogP contribution in [0, 0.1) is 5.41 Å². The van der Waals surface area contributed by atoms with Crippen molar-refractivity contribution >= 4 is 0 Å². The second-order valence-electron chi connectivity index (χ2n) is 5.26. The first-order valence-corrected chi connectivity index (χ1v) is 5.62. The van der Waals surface area contributed by atoms with E-state index in [-0.39, 0.29) is 11.5 Å². The highest BCUT2D eigenvalue weighted by molar-refractivity contribution is 5.50. The molecule has 1 heterocycles. The van der Waals surface area contributed by atoms with Crippen LogP contribution in [0.1, 0.15) is 30.9 Å². The summed E-state index contributed by atoms with van der Waals surface area (Å²) < 4.78 is 5.72. The number of hydrogen-bond acceptors (Lipinski definition) is 2. The van der Waals surface area contributed by atoms with E-state index < -0.39 is 0 Å². The summed E-state index contributed by atoms with van der Waals surface area (Å²) in [4.78, 5) is 0. The maximum atomic E-state index is 6.11. The normalized spacial score (nSPS) is 30.9. The minimum Gasteiger partial charge on any atom is -0.493 e. The molecule has 15 heavy (non-hydrogen) atoms. The van der Waals surface area contributed by atoms with E-state index >= 15 is 0 Å². The predicted molar refractivity (Wildman–Crippen MR) is 60.1 cm³/mol. The molecule has 2 nitrogen and oxygen atoms in total. The third-order valence-corrected chi connectivity index (χ3v) is 3.99. The Kier molecular flexibility index (Phi) is 1.70. The first kappa shape index (κ1) is 9.22. The van der Waals surface area contributed by atoms with Crippen molar-refractivity contribution in [3.63, 3.8) is 0 Å². The van der Waals surface area contributed by atoms with Gasteiger partial charge in [0.15, 0.2) is 0 Å². The third kappa shape index (κ3) is 1.14. The van der Waals surface area contributed by atoms with Crippen LogP contribution in [0.4, 0.5) is 0 Å². The molecule has 2 aliphatic rings. The Hall–Kier alpha value is -1.02. The van der Waals surface area contributed by atoms with Crippen LogP contribution in [0.2, 0.25) is 0 Å². The molecule has 0 bridgehead atoms. The molecule has 1 aromatic rings. The second kappa shape index (κ2) is 2.76. The number of nitrogens with two attached hydrogens (primary N) is 1. The Morgan fingerprint density at radius 2 is 2.13 bits per heavy atom. The highest BCUT2D eigenvalue weighted by Gasteiger charge is 2.57. The minimum absolute atomic E-state index is 0.237. The molecule has 2 atom stereocenters. The molecule has 1 saturated carbocycles. The SMILES string of the molecule is CC1(C)C(N)C1c1cccc2c1OCC2. The number of para-hydroxylation sites is 1. The van der Waals surface area contributed by atoms with E-state index in [1.807, 2.05) is 0 Å². The van der Waals surface area contributed by atoms with Crippen LogP contribution in [0.3, 0.4) is 0 Å². The van der Waals surface area contributed by atoms with Crippen molar-refractivity contribution in [2.45, 2.75) is 32.2 Å². The monoisotopic (exact) mass is 203 g/mol. The number of benzene rings is 1. The van der Waals surface area contributed by atoms with Gasteiger partial charge in [-0.2, -0.15) is 0 Å². The molecule has 1 fully saturated rings. The molecule has 2 N–H and O–H groups in total. The number of fused-ring (bicyclic) bond motifs is 1. The van der Waals surface area contributed by atoms with Gasteiger partial charge in [-0.05, 0) is 16.5 Å². The summed E-state index contributed by atoms with van der Waals surface area (Å²) in [7, 11) is 0. The van der Waals surface area contributed by atoms with E-state index in [2.05, 4.69) is 32.0 Å². The number of ether oxygens (including phenoxy) is 1. The van der Waals surface area contributed by atoms with Gasteiger partial charge in [0.25, 0.3) is 0 Å². The van der Waals surface area contributed by atoms with Gasteiger partial charge in [-0.25, -0.2) is 0 Å². The van der Waals surface area contributed by atoms with Crippen LogP contribution in [-0.4, -0.2) is 12.6 Å². The molecule has 0 spiro atoms. The molecule has 0 radical (unpaired) electrons. The molecular weight excluding hydrogens is 186 g/mol. The van der Waals surface area contributed by atoms with Crippen molar-refractivity contribution in [3.05, 3.63) is 29.3 Å². The first-order valence-electron chi connectivity index (χ1n) is 5.62. The summed E-state index contributed by atoms with van der Waals surface area (Å²) >= 11 is 0. The van der Waals surface area contributed by atoms with Crippen LogP contribution < -0.4 is 10.5 Å². The quantitative estimate of drug-likeness (QED) is 0.758. The molecule has 1 aliphatic carbocycles. The third-order valence-electron chi connectivity index (χ3n) is 3.99. The fraction of sp³-hybridized carbons (Fsp3) is 0.538. The van der Waals surface area contributed by atoms with E-state index in [0.717, 1.165) is 18.8 Å². The van der Waals surface area contributed by atoms with Crippen molar-refractivity contribution in [1.29, 1.82) is 0 Å². The van der Waals surface area contributed by atoms with Gasteiger partial charge in [-0.15, -0.1) is 0 Å². The van der Waals surface area contributed by atoms with Crippen molar-refractivity contribution in [2.24, 2.45) is 11.1 Å². The molecule has 3 rings (SSSR count). The van der Waals surface area contributed by atoms with Crippen molar-refractivity contribution in [3.8, 4) is 5.75 Å². The fourth-order valence-electron chi connectivity index (χ4n) is 2.76. The first-order chi connectivity index (χ1) is 7.12. The zero-order valence-electron chi connectivity index (χ0n) is 9.29. The van der Waals surface area contributed by atoms with E-state index in [4.69, 9.17) is 10.5 Å². The van der Waals surface area contributed by atoms with Gasteiger partial charge in [0.05, 0.1) is 6.61 Å². The highest BCUT2D eigenvalue weighted by atomic mass is 16.5. The molecular formula is C13H17NO. The van der Waals surface area contributed by atoms with Crippen molar-refractivity contribution in [1.82, 2.24) is 0 Å². The topological polar surface area (TPSA) is 35.2 Å². The zero-order valence-corrected chi connectivity index (χ0v) is 9.29. The van der Waals surface area contributed by atoms with Gasteiger partial charge in [0.2, 0.25) is 0 Å². The largest absolute Gasteiger partial charge is 0.493 e. The van der Waals surface area contributed by atoms with Gasteiger partial charge in [-0.3, -0.25) is 0 Å². The van der Waals surface area contributed by atoms with Crippen LogP contribution in [0.15, 0.2) is 18.2 Å². The summed E-state index contributed by atoms with van der Waals surface area (Å²) in [6.45, 7) is 5.29. The van der Waals surface area contributed by atoms with E-state index in [1.54, 1.807) is 0 Å². The van der Waals surface area contributed by atoms with Gasteiger partial charge >= 0.3 is 0 Å². The summed E-state index contributed by atoms with van der Waals surface area (Å²) in [5, 5.41) is 0. The Morgan fingerprint density at radius 3 is 2.80 bits per heavy atom. The van der Waals surface area contributed by atoms with Crippen LogP contribution in [-0.2, 0) is 6.42 Å². The Balaban J connectivity index is 2.04. The molecule has 1 aromatic carbocycles. The van der Waals surface area contributed by atoms with Gasteiger partial charge < -0.3 is 10.5 Å². The molecule has 2 unspecified atom stereocenters. The molecule has 0 saturated heterocycles. The number of hydrogen-bond donors (Lipinski definition) is 1. The van der Waals surface area contributed by atoms with E-state index in [0.29, 0.717) is 5.92 Å². The lowest BCUT2D eigenvalue weighted by molar-refractivity contribution is 0.352. The molecule has 0 aromatic heterocycles. The van der Waals surface area contributed by atoms with Crippen molar-refractivity contribution in [2.75, 3.05) is 6.61 Å². The smallest absolute Gasteiger partial charge is 0.126 e. The predicted octanol–water partition coefficient (Wildman–Crippen LogP) is 2.07. The lowest BCUT2D eigenvalue weighted by Crippen LogP contribution is -2.06. The Labute approximate surface area is 90.4 Å². The molecule has 2 heteroatoms. The average Bonchev–Trinajstić information content (AvgIpc) is 2.63. The maximum Gasteiger partial charge on any atom is 0.126 e. The highest BCUT2D eigenvalue weighted by Crippen LogP contribution is 2.59. The van der Waals surface area contributed by atoms with E-state index in [1.165, 1.54) is 11.1 Å². The van der Waals surface area contributed by atoms with Gasteiger partial charge in [0.1, 0.15) is 5.75 Å². The Morgan fingerprint density at radius 1 is 1.40 bits per heavy atom. The van der Waals surface area contributed by atoms with Gasteiger partial charge in [0, 0.05) is 18.4 Å². The van der Waals surface area contributed by atoms with Crippen LogP contribution in [0.5, 0.6) is 5.75 Å². The minimum atomic E-state index is 0.237. The summed E-state index contributed by atoms with van der Waals surface area (Å²) in [5.74, 6) is 1.59. The maximum absolute atomic E-state index is 6.11.